The molecule has 1 aliphatic rings. The van der Waals surface area contributed by atoms with Crippen molar-refractivity contribution >= 4 is 15.8 Å². The number of amides is 1. The van der Waals surface area contributed by atoms with Gasteiger partial charge in [-0.2, -0.15) is 0 Å². The summed E-state index contributed by atoms with van der Waals surface area (Å²) < 4.78 is 21.7. The zero-order chi connectivity index (χ0) is 13.5. The van der Waals surface area contributed by atoms with Crippen molar-refractivity contribution in [3.05, 3.63) is 65.7 Å². The highest BCUT2D eigenvalue weighted by atomic mass is 32.2. The van der Waals surface area contributed by atoms with Crippen molar-refractivity contribution in [1.82, 2.24) is 4.31 Å². The lowest BCUT2D eigenvalue weighted by atomic mass is 10.2. The van der Waals surface area contributed by atoms with Gasteiger partial charge >= 0.3 is 0 Å². The Hall–Kier alpha value is -2.14. The summed E-state index contributed by atoms with van der Waals surface area (Å²) in [7, 11) is -3.21. The molecule has 0 fully saturated rings. The van der Waals surface area contributed by atoms with E-state index < -0.39 is 9.92 Å². The first-order valence-corrected chi connectivity index (χ1v) is 7.36. The van der Waals surface area contributed by atoms with Crippen molar-refractivity contribution in [2.24, 2.45) is 0 Å². The minimum Gasteiger partial charge on any atom is -0.268 e. The molecule has 0 spiro atoms. The molecule has 0 aromatic heterocycles. The smallest absolute Gasteiger partial charge is 0.268 e. The van der Waals surface area contributed by atoms with Gasteiger partial charge in [-0.15, -0.1) is 0 Å². The molecule has 1 aliphatic heterocycles. The average molecular weight is 272 g/mol. The molecule has 1 amide bonds. The summed E-state index contributed by atoms with van der Waals surface area (Å²) in [6.45, 7) is 0.191. The lowest BCUT2D eigenvalue weighted by Crippen LogP contribution is -2.28. The van der Waals surface area contributed by atoms with Crippen molar-refractivity contribution in [3.63, 3.8) is 0 Å². The molecule has 19 heavy (non-hydrogen) atoms. The molecule has 0 saturated heterocycles. The monoisotopic (exact) mass is 272 g/mol. The SMILES string of the molecule is N=S1(=O)c2ccccc2C(=O)N1Cc1ccccc1. The van der Waals surface area contributed by atoms with E-state index in [4.69, 9.17) is 4.78 Å². The van der Waals surface area contributed by atoms with Crippen LogP contribution in [0.25, 0.3) is 0 Å². The summed E-state index contributed by atoms with van der Waals surface area (Å²) >= 11 is 0. The quantitative estimate of drug-likeness (QED) is 0.913. The van der Waals surface area contributed by atoms with E-state index in [-0.39, 0.29) is 12.5 Å². The molecule has 0 saturated carbocycles. The fourth-order valence-electron chi connectivity index (χ4n) is 2.17. The predicted octanol–water partition coefficient (Wildman–Crippen LogP) is 2.66. The summed E-state index contributed by atoms with van der Waals surface area (Å²) in [6.07, 6.45) is 0. The predicted molar refractivity (Wildman–Crippen MR) is 71.9 cm³/mol. The van der Waals surface area contributed by atoms with Gasteiger partial charge in [0.1, 0.15) is 0 Å². The van der Waals surface area contributed by atoms with Crippen LogP contribution in [0.1, 0.15) is 15.9 Å². The van der Waals surface area contributed by atoms with Gasteiger partial charge in [0.05, 0.1) is 17.0 Å². The van der Waals surface area contributed by atoms with Crippen LogP contribution < -0.4 is 0 Å². The Labute approximate surface area is 111 Å². The van der Waals surface area contributed by atoms with Crippen LogP contribution in [0.4, 0.5) is 0 Å². The number of carbonyl (C=O) groups is 1. The maximum atomic E-state index is 12.5. The number of rotatable bonds is 2. The van der Waals surface area contributed by atoms with E-state index >= 15 is 0 Å². The van der Waals surface area contributed by atoms with Gasteiger partial charge in [0.2, 0.25) is 0 Å². The van der Waals surface area contributed by atoms with Crippen molar-refractivity contribution < 1.29 is 9.00 Å². The van der Waals surface area contributed by atoms with Gasteiger partial charge in [-0.25, -0.2) is 13.3 Å². The number of hydrogen-bond acceptors (Lipinski definition) is 3. The third-order valence-corrected chi connectivity index (χ3v) is 4.99. The first-order chi connectivity index (χ1) is 9.10. The van der Waals surface area contributed by atoms with Gasteiger partial charge in [0.15, 0.2) is 9.92 Å². The second kappa shape index (κ2) is 4.20. The largest absolute Gasteiger partial charge is 0.268 e. The topological polar surface area (TPSA) is 61.2 Å². The molecular formula is C14H12N2O2S. The van der Waals surface area contributed by atoms with Crippen molar-refractivity contribution in [2.75, 3.05) is 0 Å². The fraction of sp³-hybridized carbons (Fsp3) is 0.0714. The maximum absolute atomic E-state index is 12.5. The first-order valence-electron chi connectivity index (χ1n) is 5.84. The minimum atomic E-state index is -3.21. The van der Waals surface area contributed by atoms with Gasteiger partial charge in [-0.05, 0) is 17.7 Å². The van der Waals surface area contributed by atoms with E-state index in [1.807, 2.05) is 30.3 Å². The zero-order valence-corrected chi connectivity index (χ0v) is 10.9. The molecule has 1 atom stereocenters. The Morgan fingerprint density at radius 1 is 1.00 bits per heavy atom. The molecule has 96 valence electrons. The number of nitrogens with zero attached hydrogens (tertiary/aromatic N) is 1. The van der Waals surface area contributed by atoms with Gasteiger partial charge in [-0.1, -0.05) is 42.5 Å². The van der Waals surface area contributed by atoms with E-state index in [1.165, 1.54) is 0 Å². The van der Waals surface area contributed by atoms with Crippen LogP contribution in [-0.2, 0) is 16.5 Å². The highest BCUT2D eigenvalue weighted by Gasteiger charge is 2.37. The van der Waals surface area contributed by atoms with Crippen LogP contribution in [0.2, 0.25) is 0 Å². The average Bonchev–Trinajstić information content (AvgIpc) is 2.62. The fourth-order valence-corrected chi connectivity index (χ4v) is 3.78. The number of carbonyl (C=O) groups excluding carboxylic acids is 1. The molecule has 0 radical (unpaired) electrons. The van der Waals surface area contributed by atoms with E-state index in [1.54, 1.807) is 24.3 Å². The molecule has 1 heterocycles. The van der Waals surface area contributed by atoms with E-state index in [0.717, 1.165) is 9.87 Å². The zero-order valence-electron chi connectivity index (χ0n) is 10.1. The third kappa shape index (κ3) is 1.82. The molecule has 3 rings (SSSR count). The van der Waals surface area contributed by atoms with Gasteiger partial charge < -0.3 is 0 Å². The number of fused-ring (bicyclic) bond motifs is 1. The van der Waals surface area contributed by atoms with Crippen molar-refractivity contribution in [3.8, 4) is 0 Å². The summed E-state index contributed by atoms with van der Waals surface area (Å²) in [4.78, 5) is 12.6. The van der Waals surface area contributed by atoms with Crippen molar-refractivity contribution in [2.45, 2.75) is 11.4 Å². The number of nitrogens with one attached hydrogen (secondary N) is 1. The van der Waals surface area contributed by atoms with E-state index in [0.29, 0.717) is 10.5 Å². The molecule has 0 aliphatic carbocycles. The molecule has 2 aromatic carbocycles. The molecule has 2 aromatic rings. The molecule has 1 unspecified atom stereocenters. The second-order valence-corrected chi connectivity index (χ2v) is 6.28. The Balaban J connectivity index is 2.04. The van der Waals surface area contributed by atoms with E-state index in [9.17, 15) is 9.00 Å². The van der Waals surface area contributed by atoms with Crippen molar-refractivity contribution in [1.29, 1.82) is 4.78 Å². The van der Waals surface area contributed by atoms with Gasteiger partial charge in [0.25, 0.3) is 5.91 Å². The van der Waals surface area contributed by atoms with Crippen LogP contribution in [0.15, 0.2) is 59.5 Å². The lowest BCUT2D eigenvalue weighted by molar-refractivity contribution is 0.0867. The molecule has 0 bridgehead atoms. The third-order valence-electron chi connectivity index (χ3n) is 3.12. The van der Waals surface area contributed by atoms with Crippen LogP contribution in [0, 0.1) is 4.78 Å². The summed E-state index contributed by atoms with van der Waals surface area (Å²) in [5, 5.41) is 0. The Bertz CT molecular complexity index is 739. The first kappa shape index (κ1) is 11.9. The van der Waals surface area contributed by atoms with Gasteiger partial charge in [0, 0.05) is 0 Å². The van der Waals surface area contributed by atoms with Gasteiger partial charge in [-0.3, -0.25) is 4.79 Å². The molecule has 1 N–H and O–H groups in total. The Morgan fingerprint density at radius 3 is 2.32 bits per heavy atom. The van der Waals surface area contributed by atoms with E-state index in [2.05, 4.69) is 0 Å². The lowest BCUT2D eigenvalue weighted by Gasteiger charge is -2.17. The van der Waals surface area contributed by atoms with Crippen LogP contribution in [0.5, 0.6) is 0 Å². The molecule has 5 heteroatoms. The highest BCUT2D eigenvalue weighted by molar-refractivity contribution is 7.91. The van der Waals surface area contributed by atoms with Crippen LogP contribution in [-0.4, -0.2) is 14.4 Å². The second-order valence-electron chi connectivity index (χ2n) is 4.35. The summed E-state index contributed by atoms with van der Waals surface area (Å²) in [5.41, 5.74) is 1.24. The molecular weight excluding hydrogens is 260 g/mol. The Morgan fingerprint density at radius 2 is 1.63 bits per heavy atom. The normalized spacial score (nSPS) is 21.5. The maximum Gasteiger partial charge on any atom is 0.268 e. The minimum absolute atomic E-state index is 0.191. The highest BCUT2D eigenvalue weighted by Crippen LogP contribution is 2.31. The summed E-state index contributed by atoms with van der Waals surface area (Å²) in [5.74, 6) is -0.334. The Kier molecular flexibility index (Phi) is 2.64. The van der Waals surface area contributed by atoms with Crippen LogP contribution in [0.3, 0.4) is 0 Å². The standard InChI is InChI=1S/C14H12N2O2S/c15-19(18)13-9-5-4-8-12(13)14(17)16(19)10-11-6-2-1-3-7-11/h1-9,15H,10H2. The molecule has 4 nitrogen and oxygen atoms in total. The van der Waals surface area contributed by atoms with Crippen LogP contribution >= 0.6 is 0 Å². The number of benzene rings is 2. The summed E-state index contributed by atoms with van der Waals surface area (Å²) in [6, 6.07) is 15.9. The number of hydrogen-bond donors (Lipinski definition) is 1.